The van der Waals surface area contributed by atoms with E-state index < -0.39 is 0 Å². The minimum atomic E-state index is -0.374. The molecule has 2 aliphatic rings. The number of unbranched alkanes of at least 4 members (excludes halogenated alkanes) is 2. The van der Waals surface area contributed by atoms with Gasteiger partial charge in [0.25, 0.3) is 0 Å². The minimum Gasteiger partial charge on any atom is -0.403 e. The molecule has 0 aromatic carbocycles. The van der Waals surface area contributed by atoms with Crippen LogP contribution in [0.2, 0.25) is 0 Å². The molecule has 0 aromatic heterocycles. The molecule has 0 radical (unpaired) electrons. The van der Waals surface area contributed by atoms with Gasteiger partial charge in [-0.05, 0) is 67.3 Å². The van der Waals surface area contributed by atoms with Crippen molar-refractivity contribution in [3.05, 3.63) is 11.4 Å². The van der Waals surface area contributed by atoms with E-state index in [1.165, 1.54) is 12.8 Å². The molecule has 0 amide bonds. The van der Waals surface area contributed by atoms with Crippen LogP contribution in [0, 0.1) is 0 Å². The molecular weight excluding hydrogens is 338 g/mol. The van der Waals surface area contributed by atoms with Crippen molar-refractivity contribution >= 4 is 14.2 Å². The Balaban J connectivity index is 2.26. The largest absolute Gasteiger partial charge is 0.489 e. The molecule has 27 heavy (non-hydrogen) atoms. The fourth-order valence-electron chi connectivity index (χ4n) is 4.73. The summed E-state index contributed by atoms with van der Waals surface area (Å²) >= 11 is 0. The summed E-state index contributed by atoms with van der Waals surface area (Å²) in [4.78, 5) is 0. The Bertz CT molecular complexity index is 508. The van der Waals surface area contributed by atoms with E-state index in [0.29, 0.717) is 0 Å². The van der Waals surface area contributed by atoms with Crippen LogP contribution in [0.4, 0.5) is 0 Å². The van der Waals surface area contributed by atoms with Gasteiger partial charge in [0.2, 0.25) is 0 Å². The first-order chi connectivity index (χ1) is 12.2. The maximum Gasteiger partial charge on any atom is 0.489 e. The molecule has 0 aromatic rings. The zero-order chi connectivity index (χ0) is 20.5. The molecule has 0 atom stereocenters. The van der Waals surface area contributed by atoms with Gasteiger partial charge in [-0.15, -0.1) is 0 Å². The molecule has 6 heteroatoms. The fraction of sp³-hybridized carbons (Fsp3) is 0.905. The lowest BCUT2D eigenvalue weighted by Crippen LogP contribution is -2.53. The predicted molar refractivity (Wildman–Crippen MR) is 114 cm³/mol. The van der Waals surface area contributed by atoms with Gasteiger partial charge in [0.1, 0.15) is 0 Å². The third-order valence-electron chi connectivity index (χ3n) is 5.15. The van der Waals surface area contributed by atoms with Crippen molar-refractivity contribution in [2.75, 3.05) is 0 Å². The van der Waals surface area contributed by atoms with E-state index >= 15 is 0 Å². The lowest BCUT2D eigenvalue weighted by atomic mass is 9.65. The van der Waals surface area contributed by atoms with Crippen LogP contribution in [0.15, 0.2) is 11.4 Å². The average Bonchev–Trinajstić information content (AvgIpc) is 2.39. The van der Waals surface area contributed by atoms with Crippen LogP contribution in [0.3, 0.4) is 0 Å². The zero-order valence-corrected chi connectivity index (χ0v) is 19.1. The van der Waals surface area contributed by atoms with Crippen LogP contribution in [0.1, 0.15) is 101 Å². The van der Waals surface area contributed by atoms with Gasteiger partial charge in [-0.3, -0.25) is 0 Å². The predicted octanol–water partition coefficient (Wildman–Crippen LogP) is 5.54. The molecule has 2 aliphatic heterocycles. The summed E-state index contributed by atoms with van der Waals surface area (Å²) in [6, 6.07) is 0. The lowest BCUT2D eigenvalue weighted by Gasteiger charge is -2.45. The van der Waals surface area contributed by atoms with Crippen molar-refractivity contribution in [2.24, 2.45) is 0 Å². The number of hydrogen-bond donors (Lipinski definition) is 0. The molecule has 0 N–H and O–H groups in total. The van der Waals surface area contributed by atoms with Crippen LogP contribution in [-0.2, 0) is 18.6 Å². The first-order valence-corrected chi connectivity index (χ1v) is 10.6. The standard InChI is InChI=1S/C21H40B2O4/c1-10-11-12-13-17(23-26-20(6,7)16-21(8,9)27-23)14-22-24-18(2,3)15-19(4,5)25-22/h14H,10-13,15-16H2,1-9H3. The minimum absolute atomic E-state index is 0.218. The van der Waals surface area contributed by atoms with Gasteiger partial charge in [0.05, 0.1) is 22.4 Å². The maximum absolute atomic E-state index is 6.35. The third-order valence-corrected chi connectivity index (χ3v) is 5.15. The van der Waals surface area contributed by atoms with E-state index in [-0.39, 0.29) is 36.6 Å². The maximum atomic E-state index is 6.35. The van der Waals surface area contributed by atoms with Crippen molar-refractivity contribution in [1.29, 1.82) is 0 Å². The van der Waals surface area contributed by atoms with E-state index in [9.17, 15) is 0 Å². The van der Waals surface area contributed by atoms with Gasteiger partial charge >= 0.3 is 14.2 Å². The molecule has 0 spiro atoms. The van der Waals surface area contributed by atoms with Gasteiger partial charge in [-0.25, -0.2) is 0 Å². The molecular formula is C21H40B2O4. The molecule has 2 heterocycles. The van der Waals surface area contributed by atoms with Crippen LogP contribution in [0.25, 0.3) is 0 Å². The molecule has 0 saturated carbocycles. The highest BCUT2D eigenvalue weighted by molar-refractivity contribution is 6.60. The fourth-order valence-corrected chi connectivity index (χ4v) is 4.73. The first kappa shape index (κ1) is 23.0. The van der Waals surface area contributed by atoms with Crippen molar-refractivity contribution in [3.8, 4) is 0 Å². The Morgan fingerprint density at radius 2 is 1.19 bits per heavy atom. The Morgan fingerprint density at radius 3 is 1.63 bits per heavy atom. The van der Waals surface area contributed by atoms with Crippen molar-refractivity contribution in [1.82, 2.24) is 0 Å². The van der Waals surface area contributed by atoms with E-state index in [2.05, 4.69) is 68.3 Å². The van der Waals surface area contributed by atoms with Crippen LogP contribution in [0.5, 0.6) is 0 Å². The monoisotopic (exact) mass is 378 g/mol. The second-order valence-corrected chi connectivity index (χ2v) is 10.8. The molecule has 2 saturated heterocycles. The zero-order valence-electron chi connectivity index (χ0n) is 19.1. The molecule has 2 fully saturated rings. The Kier molecular flexibility index (Phi) is 7.00. The van der Waals surface area contributed by atoms with Gasteiger partial charge in [0.15, 0.2) is 0 Å². The normalized spacial score (nSPS) is 26.9. The van der Waals surface area contributed by atoms with Crippen LogP contribution < -0.4 is 0 Å². The van der Waals surface area contributed by atoms with Crippen molar-refractivity contribution < 1.29 is 18.6 Å². The van der Waals surface area contributed by atoms with Crippen LogP contribution in [-0.4, -0.2) is 36.6 Å². The first-order valence-electron chi connectivity index (χ1n) is 10.6. The quantitative estimate of drug-likeness (QED) is 0.450. The summed E-state index contributed by atoms with van der Waals surface area (Å²) < 4.78 is 25.2. The summed E-state index contributed by atoms with van der Waals surface area (Å²) in [5.41, 5.74) is 0.267. The Morgan fingerprint density at radius 1 is 0.741 bits per heavy atom. The second kappa shape index (κ2) is 8.22. The number of hydrogen-bond acceptors (Lipinski definition) is 4. The molecule has 154 valence electrons. The highest BCUT2D eigenvalue weighted by Gasteiger charge is 2.46. The lowest BCUT2D eigenvalue weighted by molar-refractivity contribution is -0.0760. The topological polar surface area (TPSA) is 36.9 Å². The second-order valence-electron chi connectivity index (χ2n) is 10.8. The van der Waals surface area contributed by atoms with E-state index in [4.69, 9.17) is 18.6 Å². The van der Waals surface area contributed by atoms with Gasteiger partial charge in [-0.2, -0.15) is 0 Å². The molecule has 0 aliphatic carbocycles. The molecule has 0 unspecified atom stereocenters. The van der Waals surface area contributed by atoms with Gasteiger partial charge in [-0.1, -0.05) is 32.2 Å². The van der Waals surface area contributed by atoms with Crippen LogP contribution >= 0.6 is 0 Å². The average molecular weight is 378 g/mol. The van der Waals surface area contributed by atoms with E-state index in [1.54, 1.807) is 0 Å². The summed E-state index contributed by atoms with van der Waals surface area (Å²) in [6.45, 7) is 19.3. The summed E-state index contributed by atoms with van der Waals surface area (Å²) in [7, 11) is -0.721. The summed E-state index contributed by atoms with van der Waals surface area (Å²) in [5.74, 6) is 2.11. The Hall–Kier alpha value is -0.290. The van der Waals surface area contributed by atoms with Gasteiger partial charge in [0, 0.05) is 12.8 Å². The molecule has 4 nitrogen and oxygen atoms in total. The summed E-state index contributed by atoms with van der Waals surface area (Å²) in [6.07, 6.45) is 6.18. The highest BCUT2D eigenvalue weighted by atomic mass is 16.6. The van der Waals surface area contributed by atoms with Crippen molar-refractivity contribution in [3.63, 3.8) is 0 Å². The smallest absolute Gasteiger partial charge is 0.403 e. The van der Waals surface area contributed by atoms with E-state index in [0.717, 1.165) is 31.2 Å². The molecule has 0 bridgehead atoms. The van der Waals surface area contributed by atoms with Crippen molar-refractivity contribution in [2.45, 2.75) is 123 Å². The highest BCUT2D eigenvalue weighted by Crippen LogP contribution is 2.37. The van der Waals surface area contributed by atoms with E-state index in [1.807, 2.05) is 0 Å². The number of allylic oxidation sites excluding steroid dienone is 1. The number of rotatable bonds is 6. The SMILES string of the molecule is CCCCCC(=CB1OC(C)(C)CC(C)(C)O1)B1OC(C)(C)CC(C)(C)O1. The Labute approximate surface area is 168 Å². The summed E-state index contributed by atoms with van der Waals surface area (Å²) in [5, 5.41) is 0. The van der Waals surface area contributed by atoms with Gasteiger partial charge < -0.3 is 18.6 Å². The molecule has 2 rings (SSSR count). The third kappa shape index (κ3) is 7.23.